The summed E-state index contributed by atoms with van der Waals surface area (Å²) >= 11 is 0. The van der Waals surface area contributed by atoms with E-state index in [1.165, 1.54) is 27.7 Å². The number of benzene rings is 1. The second-order valence-corrected chi connectivity index (χ2v) is 6.84. The van der Waals surface area contributed by atoms with Gasteiger partial charge >= 0.3 is 6.18 Å². The number of likely N-dealkylation sites (tertiary alicyclic amines) is 1. The summed E-state index contributed by atoms with van der Waals surface area (Å²) in [5.41, 5.74) is 3.05. The number of hydrogen-bond acceptors (Lipinski definition) is 3. The molecule has 2 aliphatic heterocycles. The van der Waals surface area contributed by atoms with E-state index in [1.54, 1.807) is 0 Å². The van der Waals surface area contributed by atoms with Crippen LogP contribution >= 0.6 is 12.4 Å². The number of nitrogens with one attached hydrogen (secondary N) is 1. The average molecular weight is 387 g/mol. The predicted molar refractivity (Wildman–Crippen MR) is 96.7 cm³/mol. The fourth-order valence-corrected chi connectivity index (χ4v) is 3.87. The first-order valence-electron chi connectivity index (χ1n) is 8.70. The van der Waals surface area contributed by atoms with E-state index in [0.29, 0.717) is 0 Å². The van der Waals surface area contributed by atoms with Crippen molar-refractivity contribution >= 4 is 18.1 Å². The predicted octanol–water partition coefficient (Wildman–Crippen LogP) is 4.13. The Balaban J connectivity index is 0.00000196. The lowest BCUT2D eigenvalue weighted by Gasteiger charge is -2.33. The highest BCUT2D eigenvalue weighted by Crippen LogP contribution is 2.31. The van der Waals surface area contributed by atoms with Crippen molar-refractivity contribution in [3.05, 3.63) is 47.3 Å². The molecule has 1 aromatic heterocycles. The first-order chi connectivity index (χ1) is 12.0. The van der Waals surface area contributed by atoms with Crippen LogP contribution in [0.1, 0.15) is 35.7 Å². The molecular weight excluding hydrogens is 365 g/mol. The molecule has 8 heteroatoms. The van der Waals surface area contributed by atoms with E-state index in [4.69, 9.17) is 0 Å². The molecule has 2 aliphatic rings. The van der Waals surface area contributed by atoms with Crippen LogP contribution in [0.2, 0.25) is 0 Å². The van der Waals surface area contributed by atoms with Crippen LogP contribution in [0.25, 0.3) is 0 Å². The second-order valence-electron chi connectivity index (χ2n) is 6.84. The number of fused-ring (bicyclic) bond motifs is 1. The van der Waals surface area contributed by atoms with Crippen molar-refractivity contribution in [2.24, 2.45) is 0 Å². The molecule has 0 spiro atoms. The van der Waals surface area contributed by atoms with E-state index >= 15 is 0 Å². The molecule has 0 aliphatic carbocycles. The van der Waals surface area contributed by atoms with Crippen molar-refractivity contribution in [2.45, 2.75) is 38.0 Å². The van der Waals surface area contributed by atoms with E-state index in [2.05, 4.69) is 33.5 Å². The van der Waals surface area contributed by atoms with Gasteiger partial charge in [-0.3, -0.25) is 9.58 Å². The minimum Gasteiger partial charge on any atom is -0.384 e. The quantitative estimate of drug-likeness (QED) is 0.861. The van der Waals surface area contributed by atoms with Crippen molar-refractivity contribution in [3.8, 4) is 0 Å². The Kier molecular flexibility index (Phi) is 5.48. The Hall–Kier alpha value is -1.73. The van der Waals surface area contributed by atoms with Gasteiger partial charge in [-0.15, -0.1) is 12.4 Å². The average Bonchev–Trinajstić information content (AvgIpc) is 3.25. The Labute approximate surface area is 156 Å². The molecule has 2 aromatic rings. The first kappa shape index (κ1) is 19.0. The van der Waals surface area contributed by atoms with E-state index < -0.39 is 11.9 Å². The summed E-state index contributed by atoms with van der Waals surface area (Å²) in [7, 11) is 0. The van der Waals surface area contributed by atoms with Crippen LogP contribution in [0, 0.1) is 0 Å². The maximum absolute atomic E-state index is 12.8. The molecule has 26 heavy (non-hydrogen) atoms. The van der Waals surface area contributed by atoms with Gasteiger partial charge in [0, 0.05) is 31.5 Å². The van der Waals surface area contributed by atoms with Crippen molar-refractivity contribution in [1.82, 2.24) is 14.7 Å². The maximum atomic E-state index is 12.8. The first-order valence-corrected chi connectivity index (χ1v) is 8.70. The second kappa shape index (κ2) is 7.48. The molecule has 1 fully saturated rings. The third-order valence-electron chi connectivity index (χ3n) is 5.08. The molecular formula is C18H22ClF3N4. The molecule has 0 amide bonds. The molecule has 1 N–H and O–H groups in total. The van der Waals surface area contributed by atoms with Crippen LogP contribution in [0.4, 0.5) is 18.9 Å². The molecule has 4 nitrogen and oxygen atoms in total. The van der Waals surface area contributed by atoms with Gasteiger partial charge < -0.3 is 5.32 Å². The van der Waals surface area contributed by atoms with E-state index in [0.717, 1.165) is 51.5 Å². The van der Waals surface area contributed by atoms with Gasteiger partial charge in [0.05, 0.1) is 6.04 Å². The minimum atomic E-state index is -4.38. The van der Waals surface area contributed by atoms with Crippen molar-refractivity contribution in [3.63, 3.8) is 0 Å². The van der Waals surface area contributed by atoms with Gasteiger partial charge in [-0.1, -0.05) is 18.2 Å². The Bertz CT molecular complexity index is 759. The molecule has 3 heterocycles. The number of rotatable bonds is 3. The summed E-state index contributed by atoms with van der Waals surface area (Å²) in [5, 5.41) is 7.21. The van der Waals surface area contributed by atoms with Gasteiger partial charge in [0.15, 0.2) is 5.69 Å². The summed E-state index contributed by atoms with van der Waals surface area (Å²) in [4.78, 5) is 2.32. The van der Waals surface area contributed by atoms with Crippen LogP contribution in [0.5, 0.6) is 0 Å². The maximum Gasteiger partial charge on any atom is 0.435 e. The van der Waals surface area contributed by atoms with Gasteiger partial charge in [-0.2, -0.15) is 18.3 Å². The number of hydrogen-bond donors (Lipinski definition) is 1. The molecule has 1 aromatic carbocycles. The van der Waals surface area contributed by atoms with Crippen molar-refractivity contribution in [1.29, 1.82) is 0 Å². The monoisotopic (exact) mass is 386 g/mol. The summed E-state index contributed by atoms with van der Waals surface area (Å²) in [6.07, 6.45) is -0.0388. The highest BCUT2D eigenvalue weighted by Gasteiger charge is 2.34. The van der Waals surface area contributed by atoms with Gasteiger partial charge in [0.1, 0.15) is 0 Å². The lowest BCUT2D eigenvalue weighted by atomic mass is 10.0. The molecule has 1 atom stereocenters. The van der Waals surface area contributed by atoms with Crippen molar-refractivity contribution < 1.29 is 13.2 Å². The summed E-state index contributed by atoms with van der Waals surface area (Å²) in [6.45, 7) is 3.48. The SMILES string of the molecule is Cl.FC(F)(F)c1ccn(C2CCCN(Cc3cccc4c3NCC4)C2)n1. The van der Waals surface area contributed by atoms with Crippen LogP contribution in [-0.2, 0) is 19.1 Å². The number of aromatic nitrogens is 2. The number of piperidine rings is 1. The highest BCUT2D eigenvalue weighted by atomic mass is 35.5. The van der Waals surface area contributed by atoms with Crippen LogP contribution in [0.15, 0.2) is 30.5 Å². The number of alkyl halides is 3. The highest BCUT2D eigenvalue weighted by molar-refractivity contribution is 5.85. The lowest BCUT2D eigenvalue weighted by Crippen LogP contribution is -2.36. The molecule has 142 valence electrons. The van der Waals surface area contributed by atoms with Crippen molar-refractivity contribution in [2.75, 3.05) is 25.0 Å². The number of anilines is 1. The van der Waals surface area contributed by atoms with Crippen LogP contribution in [0.3, 0.4) is 0 Å². The fraction of sp³-hybridized carbons (Fsp3) is 0.500. The largest absolute Gasteiger partial charge is 0.435 e. The molecule has 0 radical (unpaired) electrons. The van der Waals surface area contributed by atoms with Gasteiger partial charge in [0.2, 0.25) is 0 Å². The molecule has 0 bridgehead atoms. The zero-order valence-corrected chi connectivity index (χ0v) is 15.1. The Morgan fingerprint density at radius 3 is 2.85 bits per heavy atom. The Morgan fingerprint density at radius 2 is 2.08 bits per heavy atom. The summed E-state index contributed by atoms with van der Waals surface area (Å²) < 4.78 is 39.8. The Morgan fingerprint density at radius 1 is 1.23 bits per heavy atom. The van der Waals surface area contributed by atoms with E-state index in [-0.39, 0.29) is 18.4 Å². The number of halogens is 4. The van der Waals surface area contributed by atoms with E-state index in [9.17, 15) is 13.2 Å². The lowest BCUT2D eigenvalue weighted by molar-refractivity contribution is -0.141. The zero-order valence-electron chi connectivity index (χ0n) is 14.3. The van der Waals surface area contributed by atoms with Crippen LogP contribution in [-0.4, -0.2) is 34.3 Å². The van der Waals surface area contributed by atoms with Gasteiger partial charge in [-0.25, -0.2) is 0 Å². The molecule has 1 unspecified atom stereocenters. The number of para-hydroxylation sites is 1. The van der Waals surface area contributed by atoms with E-state index in [1.807, 2.05) is 0 Å². The summed E-state index contributed by atoms with van der Waals surface area (Å²) in [5.74, 6) is 0. The topological polar surface area (TPSA) is 33.1 Å². The standard InChI is InChI=1S/C18H21F3N4.ClH/c19-18(20,21)16-7-10-25(23-16)15-5-2-9-24(12-15)11-14-4-1-3-13-6-8-22-17(13)14;/h1,3-4,7,10,15,22H,2,5-6,8-9,11-12H2;1H. The smallest absolute Gasteiger partial charge is 0.384 e. The normalized spacial score (nSPS) is 20.3. The molecule has 4 rings (SSSR count). The minimum absolute atomic E-state index is 0. The zero-order chi connectivity index (χ0) is 17.4. The van der Waals surface area contributed by atoms with Gasteiger partial charge in [-0.05, 0) is 43.0 Å². The van der Waals surface area contributed by atoms with Gasteiger partial charge in [0.25, 0.3) is 0 Å². The fourth-order valence-electron chi connectivity index (χ4n) is 3.87. The summed E-state index contributed by atoms with van der Waals surface area (Å²) in [6, 6.07) is 7.43. The molecule has 1 saturated heterocycles. The third-order valence-corrected chi connectivity index (χ3v) is 5.08. The third kappa shape index (κ3) is 3.83. The molecule has 0 saturated carbocycles. The number of nitrogens with zero attached hydrogens (tertiary/aromatic N) is 3. The van der Waals surface area contributed by atoms with Crippen LogP contribution < -0.4 is 5.32 Å².